The molecule has 1 amide bonds. The molecular formula is C15H27N3O. The molecule has 3 fully saturated rings. The number of hydrogen-bond donors (Lipinski definition) is 1. The number of carbonyl (C=O) groups excluding carboxylic acids is 1. The van der Waals surface area contributed by atoms with Gasteiger partial charge in [-0.1, -0.05) is 13.3 Å². The van der Waals surface area contributed by atoms with E-state index in [1.165, 1.54) is 12.8 Å². The van der Waals surface area contributed by atoms with Crippen molar-refractivity contribution < 1.29 is 4.79 Å². The van der Waals surface area contributed by atoms with Gasteiger partial charge in [0.25, 0.3) is 0 Å². The summed E-state index contributed by atoms with van der Waals surface area (Å²) in [4.78, 5) is 17.6. The predicted octanol–water partition coefficient (Wildman–Crippen LogP) is 1.07. The monoisotopic (exact) mass is 265 g/mol. The third-order valence-electron chi connectivity index (χ3n) is 5.09. The van der Waals surface area contributed by atoms with Crippen molar-refractivity contribution in [3.05, 3.63) is 0 Å². The Morgan fingerprint density at radius 2 is 2.00 bits per heavy atom. The van der Waals surface area contributed by atoms with Gasteiger partial charge >= 0.3 is 0 Å². The molecule has 4 heteroatoms. The third-order valence-corrected chi connectivity index (χ3v) is 5.09. The van der Waals surface area contributed by atoms with Gasteiger partial charge in [0.05, 0.1) is 5.41 Å². The summed E-state index contributed by atoms with van der Waals surface area (Å²) < 4.78 is 0. The van der Waals surface area contributed by atoms with Crippen LogP contribution in [-0.2, 0) is 4.79 Å². The van der Waals surface area contributed by atoms with Crippen molar-refractivity contribution in [3.8, 4) is 0 Å². The SMILES string of the molecule is CCCC1(C(=O)N2CCN(C3CC3)CC2)CCNC1. The van der Waals surface area contributed by atoms with Gasteiger partial charge in [-0.05, 0) is 32.2 Å². The van der Waals surface area contributed by atoms with Crippen molar-refractivity contribution in [2.45, 2.75) is 45.1 Å². The maximum Gasteiger partial charge on any atom is 0.230 e. The van der Waals surface area contributed by atoms with E-state index in [9.17, 15) is 4.79 Å². The van der Waals surface area contributed by atoms with Gasteiger partial charge in [-0.2, -0.15) is 0 Å². The Kier molecular flexibility index (Phi) is 3.81. The van der Waals surface area contributed by atoms with Gasteiger partial charge in [0.1, 0.15) is 0 Å². The molecule has 2 aliphatic heterocycles. The van der Waals surface area contributed by atoms with Gasteiger partial charge in [-0.15, -0.1) is 0 Å². The second kappa shape index (κ2) is 5.41. The first kappa shape index (κ1) is 13.4. The molecule has 0 aromatic rings. The van der Waals surface area contributed by atoms with Gasteiger partial charge in [0.2, 0.25) is 5.91 Å². The normalized spacial score (nSPS) is 32.8. The Morgan fingerprint density at radius 1 is 1.26 bits per heavy atom. The number of nitrogens with zero attached hydrogens (tertiary/aromatic N) is 2. The summed E-state index contributed by atoms with van der Waals surface area (Å²) in [6.45, 7) is 8.16. The van der Waals surface area contributed by atoms with Crippen LogP contribution in [-0.4, -0.2) is 61.0 Å². The first-order valence-corrected chi connectivity index (χ1v) is 7.99. The van der Waals surface area contributed by atoms with E-state index in [-0.39, 0.29) is 5.41 Å². The van der Waals surface area contributed by atoms with Crippen molar-refractivity contribution in [3.63, 3.8) is 0 Å². The van der Waals surface area contributed by atoms with E-state index in [0.29, 0.717) is 5.91 Å². The average molecular weight is 265 g/mol. The minimum Gasteiger partial charge on any atom is -0.340 e. The number of amides is 1. The van der Waals surface area contributed by atoms with Crippen LogP contribution in [0.5, 0.6) is 0 Å². The smallest absolute Gasteiger partial charge is 0.230 e. The van der Waals surface area contributed by atoms with Crippen LogP contribution in [0.2, 0.25) is 0 Å². The van der Waals surface area contributed by atoms with Crippen LogP contribution in [0.4, 0.5) is 0 Å². The third kappa shape index (κ3) is 2.65. The Labute approximate surface area is 116 Å². The van der Waals surface area contributed by atoms with E-state index >= 15 is 0 Å². The average Bonchev–Trinajstić information content (AvgIpc) is 3.19. The molecule has 1 N–H and O–H groups in total. The van der Waals surface area contributed by atoms with Gasteiger partial charge in [-0.3, -0.25) is 9.69 Å². The molecule has 108 valence electrons. The van der Waals surface area contributed by atoms with E-state index in [1.54, 1.807) is 0 Å². The Bertz CT molecular complexity index is 326. The molecule has 0 spiro atoms. The number of piperazine rings is 1. The Morgan fingerprint density at radius 3 is 2.53 bits per heavy atom. The summed E-state index contributed by atoms with van der Waals surface area (Å²) in [5.41, 5.74) is -0.0868. The minimum absolute atomic E-state index is 0.0868. The number of rotatable bonds is 4. The lowest BCUT2D eigenvalue weighted by Gasteiger charge is -2.39. The highest BCUT2D eigenvalue weighted by molar-refractivity contribution is 5.83. The second-order valence-corrected chi connectivity index (χ2v) is 6.52. The Balaban J connectivity index is 1.59. The summed E-state index contributed by atoms with van der Waals surface area (Å²) in [5.74, 6) is 0.426. The van der Waals surface area contributed by atoms with E-state index in [2.05, 4.69) is 22.0 Å². The molecule has 0 radical (unpaired) electrons. The molecule has 4 nitrogen and oxygen atoms in total. The van der Waals surface area contributed by atoms with Crippen LogP contribution in [0.15, 0.2) is 0 Å². The highest BCUT2D eigenvalue weighted by atomic mass is 16.2. The van der Waals surface area contributed by atoms with Crippen molar-refractivity contribution >= 4 is 5.91 Å². The lowest BCUT2D eigenvalue weighted by molar-refractivity contribution is -0.143. The summed E-state index contributed by atoms with van der Waals surface area (Å²) in [7, 11) is 0. The predicted molar refractivity (Wildman–Crippen MR) is 76.0 cm³/mol. The lowest BCUT2D eigenvalue weighted by atomic mass is 9.81. The summed E-state index contributed by atoms with van der Waals surface area (Å²) in [5, 5.41) is 3.40. The molecule has 1 aliphatic carbocycles. The van der Waals surface area contributed by atoms with Gasteiger partial charge in [-0.25, -0.2) is 0 Å². The molecule has 2 saturated heterocycles. The van der Waals surface area contributed by atoms with Crippen molar-refractivity contribution in [2.24, 2.45) is 5.41 Å². The maximum absolute atomic E-state index is 12.9. The number of carbonyl (C=O) groups is 1. The fourth-order valence-corrected chi connectivity index (χ4v) is 3.79. The summed E-state index contributed by atoms with van der Waals surface area (Å²) in [6.07, 6.45) is 5.93. The molecule has 1 saturated carbocycles. The molecule has 3 aliphatic rings. The molecule has 0 aromatic heterocycles. The zero-order valence-corrected chi connectivity index (χ0v) is 12.2. The zero-order chi connectivity index (χ0) is 13.3. The van der Waals surface area contributed by atoms with E-state index < -0.39 is 0 Å². The van der Waals surface area contributed by atoms with Crippen molar-refractivity contribution in [1.82, 2.24) is 15.1 Å². The molecule has 0 aromatic carbocycles. The highest BCUT2D eigenvalue weighted by Gasteiger charge is 2.43. The molecule has 0 bridgehead atoms. The largest absolute Gasteiger partial charge is 0.340 e. The van der Waals surface area contributed by atoms with E-state index in [4.69, 9.17) is 0 Å². The van der Waals surface area contributed by atoms with Crippen LogP contribution in [0.25, 0.3) is 0 Å². The quantitative estimate of drug-likeness (QED) is 0.826. The molecule has 19 heavy (non-hydrogen) atoms. The van der Waals surface area contributed by atoms with Crippen molar-refractivity contribution in [1.29, 1.82) is 0 Å². The minimum atomic E-state index is -0.0868. The first-order valence-electron chi connectivity index (χ1n) is 7.99. The summed E-state index contributed by atoms with van der Waals surface area (Å²) >= 11 is 0. The maximum atomic E-state index is 12.9. The lowest BCUT2D eigenvalue weighted by Crippen LogP contribution is -2.54. The van der Waals surface area contributed by atoms with Gasteiger partial charge in [0, 0.05) is 38.8 Å². The van der Waals surface area contributed by atoms with Crippen LogP contribution in [0, 0.1) is 5.41 Å². The number of hydrogen-bond acceptors (Lipinski definition) is 3. The first-order chi connectivity index (χ1) is 9.25. The van der Waals surface area contributed by atoms with Crippen LogP contribution in [0.3, 0.4) is 0 Å². The fourth-order valence-electron chi connectivity index (χ4n) is 3.79. The molecule has 2 heterocycles. The van der Waals surface area contributed by atoms with Crippen molar-refractivity contribution in [2.75, 3.05) is 39.3 Å². The van der Waals surface area contributed by atoms with Crippen LogP contribution >= 0.6 is 0 Å². The molecule has 1 unspecified atom stereocenters. The van der Waals surface area contributed by atoms with Crippen LogP contribution < -0.4 is 5.32 Å². The molecule has 1 atom stereocenters. The fraction of sp³-hybridized carbons (Fsp3) is 0.933. The van der Waals surface area contributed by atoms with Gasteiger partial charge in [0.15, 0.2) is 0 Å². The van der Waals surface area contributed by atoms with Gasteiger partial charge < -0.3 is 10.2 Å². The topological polar surface area (TPSA) is 35.6 Å². The van der Waals surface area contributed by atoms with E-state index in [0.717, 1.165) is 64.6 Å². The molecular weight excluding hydrogens is 238 g/mol. The summed E-state index contributed by atoms with van der Waals surface area (Å²) in [6, 6.07) is 0.843. The standard InChI is InChI=1S/C15H27N3O/c1-2-5-15(6-7-16-12-15)14(19)18-10-8-17(9-11-18)13-3-4-13/h13,16H,2-12H2,1H3. The van der Waals surface area contributed by atoms with E-state index in [1.807, 2.05) is 0 Å². The molecule has 3 rings (SSSR count). The zero-order valence-electron chi connectivity index (χ0n) is 12.2. The van der Waals surface area contributed by atoms with Crippen LogP contribution in [0.1, 0.15) is 39.0 Å². The second-order valence-electron chi connectivity index (χ2n) is 6.52. The highest BCUT2D eigenvalue weighted by Crippen LogP contribution is 2.34. The number of nitrogens with one attached hydrogen (secondary N) is 1. The Hall–Kier alpha value is -0.610.